The average Bonchev–Trinajstić information content (AvgIpc) is 3.71. The summed E-state index contributed by atoms with van der Waals surface area (Å²) in [4.78, 5) is 15.6. The molecule has 0 amide bonds. The fourth-order valence-corrected chi connectivity index (χ4v) is 9.20. The first-order valence-corrected chi connectivity index (χ1v) is 21.4. The molecule has 0 N–H and O–H groups in total. The Balaban J connectivity index is 0.963. The SMILES string of the molecule is c1ccc(-c2ccc(-c3cc(-c4ccc(-c5nc6ccccc6c6c(-c7cccc(-n8c9ccccc9c9ccccc98)c7)cccc56)cc4)nc(-c4ccccc4)n3)cc2)cc1. The van der Waals surface area contributed by atoms with Gasteiger partial charge in [-0.05, 0) is 58.7 Å². The summed E-state index contributed by atoms with van der Waals surface area (Å²) in [6.07, 6.45) is 0. The summed E-state index contributed by atoms with van der Waals surface area (Å²) >= 11 is 0. The van der Waals surface area contributed by atoms with Crippen LogP contribution in [-0.2, 0) is 0 Å². The third-order valence-corrected chi connectivity index (χ3v) is 12.2. The van der Waals surface area contributed by atoms with E-state index in [2.05, 4.69) is 211 Å². The van der Waals surface area contributed by atoms with Crippen LogP contribution in [0.2, 0.25) is 0 Å². The molecule has 3 aromatic heterocycles. The zero-order valence-electron chi connectivity index (χ0n) is 34.2. The molecule has 0 aliphatic heterocycles. The maximum Gasteiger partial charge on any atom is 0.160 e. The van der Waals surface area contributed by atoms with Gasteiger partial charge in [0.25, 0.3) is 0 Å². The highest BCUT2D eigenvalue weighted by atomic mass is 15.0. The number of nitrogens with zero attached hydrogens (tertiary/aromatic N) is 4. The highest BCUT2D eigenvalue weighted by Crippen LogP contribution is 2.41. The minimum Gasteiger partial charge on any atom is -0.309 e. The summed E-state index contributed by atoms with van der Waals surface area (Å²) in [5.74, 6) is 0.691. The van der Waals surface area contributed by atoms with Crippen LogP contribution in [-0.4, -0.2) is 19.5 Å². The van der Waals surface area contributed by atoms with Gasteiger partial charge in [0.15, 0.2) is 5.82 Å². The molecule has 0 aliphatic carbocycles. The minimum absolute atomic E-state index is 0.691. The lowest BCUT2D eigenvalue weighted by atomic mass is 9.92. The van der Waals surface area contributed by atoms with Crippen molar-refractivity contribution < 1.29 is 0 Å². The lowest BCUT2D eigenvalue weighted by Crippen LogP contribution is -1.96. The average molecular weight is 803 g/mol. The molecule has 12 aromatic rings. The summed E-state index contributed by atoms with van der Waals surface area (Å²) in [7, 11) is 0. The highest BCUT2D eigenvalue weighted by Gasteiger charge is 2.18. The van der Waals surface area contributed by atoms with Crippen LogP contribution < -0.4 is 0 Å². The smallest absolute Gasteiger partial charge is 0.160 e. The number of benzene rings is 9. The lowest BCUT2D eigenvalue weighted by Gasteiger charge is -2.16. The molecule has 0 aliphatic rings. The Morgan fingerprint density at radius 2 is 0.794 bits per heavy atom. The number of hydrogen-bond donors (Lipinski definition) is 0. The molecule has 4 heteroatoms. The van der Waals surface area contributed by atoms with Crippen molar-refractivity contribution in [1.82, 2.24) is 19.5 Å². The summed E-state index contributed by atoms with van der Waals surface area (Å²) in [5, 5.41) is 5.93. The van der Waals surface area contributed by atoms with Gasteiger partial charge < -0.3 is 4.57 Å². The van der Waals surface area contributed by atoms with E-state index >= 15 is 0 Å². The third kappa shape index (κ3) is 6.44. The van der Waals surface area contributed by atoms with Crippen molar-refractivity contribution in [2.45, 2.75) is 0 Å². The monoisotopic (exact) mass is 802 g/mol. The predicted molar refractivity (Wildman–Crippen MR) is 262 cm³/mol. The molecule has 0 unspecified atom stereocenters. The summed E-state index contributed by atoms with van der Waals surface area (Å²) in [5.41, 5.74) is 15.9. The lowest BCUT2D eigenvalue weighted by molar-refractivity contribution is 1.18. The van der Waals surface area contributed by atoms with Crippen LogP contribution in [0.3, 0.4) is 0 Å². The van der Waals surface area contributed by atoms with Gasteiger partial charge in [0.2, 0.25) is 0 Å². The van der Waals surface area contributed by atoms with Gasteiger partial charge in [0, 0.05) is 54.9 Å². The van der Waals surface area contributed by atoms with Crippen LogP contribution in [0.4, 0.5) is 0 Å². The molecule has 4 nitrogen and oxygen atoms in total. The van der Waals surface area contributed by atoms with Crippen molar-refractivity contribution in [3.05, 3.63) is 231 Å². The van der Waals surface area contributed by atoms with Crippen molar-refractivity contribution in [2.24, 2.45) is 0 Å². The summed E-state index contributed by atoms with van der Waals surface area (Å²) in [6.45, 7) is 0. The molecular formula is C59H38N4. The first-order chi connectivity index (χ1) is 31.2. The summed E-state index contributed by atoms with van der Waals surface area (Å²) in [6, 6.07) is 81.5. The largest absolute Gasteiger partial charge is 0.309 e. The third-order valence-electron chi connectivity index (χ3n) is 12.2. The zero-order valence-corrected chi connectivity index (χ0v) is 34.2. The molecule has 9 aromatic carbocycles. The molecule has 0 saturated carbocycles. The van der Waals surface area contributed by atoms with Gasteiger partial charge in [0.1, 0.15) is 0 Å². The number of aromatic nitrogens is 4. The van der Waals surface area contributed by atoms with Crippen LogP contribution in [0.15, 0.2) is 231 Å². The van der Waals surface area contributed by atoms with E-state index in [0.717, 1.165) is 66.9 Å². The van der Waals surface area contributed by atoms with Crippen LogP contribution in [0, 0.1) is 0 Å². The molecule has 0 atom stereocenters. The van der Waals surface area contributed by atoms with Gasteiger partial charge in [-0.1, -0.05) is 194 Å². The van der Waals surface area contributed by atoms with Gasteiger partial charge in [-0.3, -0.25) is 0 Å². The Kier molecular flexibility index (Phi) is 8.79. The molecule has 12 rings (SSSR count). The van der Waals surface area contributed by atoms with Gasteiger partial charge in [-0.2, -0.15) is 0 Å². The van der Waals surface area contributed by atoms with Crippen LogP contribution in [0.1, 0.15) is 0 Å². The number of rotatable bonds is 7. The maximum absolute atomic E-state index is 5.34. The number of para-hydroxylation sites is 3. The Morgan fingerprint density at radius 3 is 1.46 bits per heavy atom. The minimum atomic E-state index is 0.691. The van der Waals surface area contributed by atoms with Gasteiger partial charge in [0.05, 0.1) is 33.6 Å². The van der Waals surface area contributed by atoms with E-state index in [4.69, 9.17) is 15.0 Å². The molecular weight excluding hydrogens is 765 g/mol. The molecule has 294 valence electrons. The van der Waals surface area contributed by atoms with E-state index in [9.17, 15) is 0 Å². The molecule has 0 radical (unpaired) electrons. The van der Waals surface area contributed by atoms with Gasteiger partial charge in [-0.25, -0.2) is 15.0 Å². The van der Waals surface area contributed by atoms with Crippen molar-refractivity contribution in [3.63, 3.8) is 0 Å². The summed E-state index contributed by atoms with van der Waals surface area (Å²) < 4.78 is 2.39. The second kappa shape index (κ2) is 15.2. The van der Waals surface area contributed by atoms with Crippen molar-refractivity contribution >= 4 is 43.5 Å². The Hall–Kier alpha value is -8.47. The topological polar surface area (TPSA) is 43.6 Å². The molecule has 63 heavy (non-hydrogen) atoms. The Labute approximate surface area is 365 Å². The van der Waals surface area contributed by atoms with Crippen molar-refractivity contribution in [1.29, 1.82) is 0 Å². The molecule has 3 heterocycles. The number of fused-ring (bicyclic) bond motifs is 6. The molecule has 0 spiro atoms. The molecule has 0 saturated heterocycles. The van der Waals surface area contributed by atoms with Gasteiger partial charge in [-0.15, -0.1) is 0 Å². The highest BCUT2D eigenvalue weighted by molar-refractivity contribution is 6.17. The van der Waals surface area contributed by atoms with E-state index in [-0.39, 0.29) is 0 Å². The number of hydrogen-bond acceptors (Lipinski definition) is 3. The molecule has 0 fully saturated rings. The Morgan fingerprint density at radius 1 is 0.302 bits per heavy atom. The quantitative estimate of drug-likeness (QED) is 0.151. The van der Waals surface area contributed by atoms with Crippen LogP contribution >= 0.6 is 0 Å². The van der Waals surface area contributed by atoms with Crippen molar-refractivity contribution in [3.8, 4) is 73.1 Å². The normalized spacial score (nSPS) is 11.5. The maximum atomic E-state index is 5.34. The van der Waals surface area contributed by atoms with Crippen LogP contribution in [0.5, 0.6) is 0 Å². The Bertz CT molecular complexity index is 3590. The zero-order chi connectivity index (χ0) is 41.7. The van der Waals surface area contributed by atoms with E-state index < -0.39 is 0 Å². The first-order valence-electron chi connectivity index (χ1n) is 21.4. The van der Waals surface area contributed by atoms with Crippen molar-refractivity contribution in [2.75, 3.05) is 0 Å². The van der Waals surface area contributed by atoms with E-state index in [1.54, 1.807) is 0 Å². The first kappa shape index (κ1) is 36.4. The van der Waals surface area contributed by atoms with Gasteiger partial charge >= 0.3 is 0 Å². The fourth-order valence-electron chi connectivity index (χ4n) is 9.20. The standard InChI is InChI=1S/C59H38N4/c1-3-15-39(16-4-1)40-29-31-41(32-30-40)53-38-54(62-59(61-53)44-17-5-2-6-18-44)42-33-35-43(36-34-42)58-51-25-14-24-47(57(51)50-23-7-10-26-52(50)60-58)45-19-13-20-46(37-45)63-55-27-11-8-21-48(55)49-22-9-12-28-56(49)63/h1-38H. The fraction of sp³-hybridized carbons (Fsp3) is 0. The van der Waals surface area contributed by atoms with E-state index in [0.29, 0.717) is 5.82 Å². The van der Waals surface area contributed by atoms with Crippen LogP contribution in [0.25, 0.3) is 117 Å². The number of pyridine rings is 1. The van der Waals surface area contributed by atoms with E-state index in [1.807, 2.05) is 24.3 Å². The van der Waals surface area contributed by atoms with E-state index in [1.165, 1.54) is 43.9 Å². The predicted octanol–water partition coefficient (Wildman–Crippen LogP) is 15.3. The second-order valence-corrected chi connectivity index (χ2v) is 16.0. The molecule has 0 bridgehead atoms. The second-order valence-electron chi connectivity index (χ2n) is 16.0.